The van der Waals surface area contributed by atoms with Crippen molar-refractivity contribution in [1.82, 2.24) is 10.3 Å². The van der Waals surface area contributed by atoms with E-state index < -0.39 is 0 Å². The third-order valence-electron chi connectivity index (χ3n) is 5.37. The standard InChI is InChI=1S/C23H25ClN2O/c1-16-2-4-17(5-3-16)14-26-20-6-8-21(9-7-20)27-23-13-18-10-11-25-15-19(18)12-22(23)24/h2-5,10-13,15,20-21,26H,6-9,14H2,1H3. The van der Waals surface area contributed by atoms with Crippen molar-refractivity contribution in [1.29, 1.82) is 0 Å². The molecule has 27 heavy (non-hydrogen) atoms. The molecular formula is C23H25ClN2O. The molecule has 0 amide bonds. The number of hydrogen-bond acceptors (Lipinski definition) is 3. The van der Waals surface area contributed by atoms with Gasteiger partial charge in [0, 0.05) is 30.4 Å². The second-order valence-corrected chi connectivity index (χ2v) is 7.87. The molecule has 3 aromatic rings. The van der Waals surface area contributed by atoms with Crippen LogP contribution in [0.5, 0.6) is 5.75 Å². The number of nitrogens with one attached hydrogen (secondary N) is 1. The molecule has 2 aromatic carbocycles. The Balaban J connectivity index is 1.30. The van der Waals surface area contributed by atoms with Gasteiger partial charge in [0.1, 0.15) is 5.75 Å². The molecule has 1 N–H and O–H groups in total. The smallest absolute Gasteiger partial charge is 0.138 e. The van der Waals surface area contributed by atoms with Gasteiger partial charge in [-0.25, -0.2) is 0 Å². The average molecular weight is 381 g/mol. The second kappa shape index (κ2) is 8.28. The zero-order chi connectivity index (χ0) is 18.6. The van der Waals surface area contributed by atoms with E-state index in [4.69, 9.17) is 16.3 Å². The summed E-state index contributed by atoms with van der Waals surface area (Å²) in [6.07, 6.45) is 8.23. The molecule has 3 nitrogen and oxygen atoms in total. The molecule has 0 radical (unpaired) electrons. The first-order chi connectivity index (χ1) is 13.2. The number of fused-ring (bicyclic) bond motifs is 1. The van der Waals surface area contributed by atoms with Gasteiger partial charge in [0.2, 0.25) is 0 Å². The van der Waals surface area contributed by atoms with E-state index in [1.165, 1.54) is 11.1 Å². The van der Waals surface area contributed by atoms with Crippen LogP contribution in [0.25, 0.3) is 10.8 Å². The van der Waals surface area contributed by atoms with Crippen molar-refractivity contribution < 1.29 is 4.74 Å². The van der Waals surface area contributed by atoms with E-state index in [-0.39, 0.29) is 6.10 Å². The average Bonchev–Trinajstić information content (AvgIpc) is 2.69. The molecule has 4 rings (SSSR count). The van der Waals surface area contributed by atoms with Gasteiger partial charge in [-0.3, -0.25) is 4.98 Å². The first-order valence-electron chi connectivity index (χ1n) is 9.66. The summed E-state index contributed by atoms with van der Waals surface area (Å²) in [7, 11) is 0. The molecule has 0 unspecified atom stereocenters. The zero-order valence-corrected chi connectivity index (χ0v) is 16.4. The van der Waals surface area contributed by atoms with Gasteiger partial charge in [0.05, 0.1) is 11.1 Å². The fourth-order valence-corrected chi connectivity index (χ4v) is 3.93. The molecule has 1 aromatic heterocycles. The largest absolute Gasteiger partial charge is 0.489 e. The lowest BCUT2D eigenvalue weighted by Gasteiger charge is -2.30. The normalized spacial score (nSPS) is 19.9. The van der Waals surface area contributed by atoms with Crippen LogP contribution in [0, 0.1) is 6.92 Å². The minimum absolute atomic E-state index is 0.235. The van der Waals surface area contributed by atoms with Crippen LogP contribution >= 0.6 is 11.6 Å². The summed E-state index contributed by atoms with van der Waals surface area (Å²) < 4.78 is 6.24. The van der Waals surface area contributed by atoms with Gasteiger partial charge >= 0.3 is 0 Å². The Morgan fingerprint density at radius 1 is 1.04 bits per heavy atom. The Kier molecular flexibility index (Phi) is 5.61. The van der Waals surface area contributed by atoms with Crippen molar-refractivity contribution in [2.75, 3.05) is 0 Å². The summed E-state index contributed by atoms with van der Waals surface area (Å²) in [4.78, 5) is 4.14. The minimum atomic E-state index is 0.235. The number of hydrogen-bond donors (Lipinski definition) is 1. The highest BCUT2D eigenvalue weighted by Crippen LogP contribution is 2.32. The molecule has 1 aliphatic carbocycles. The van der Waals surface area contributed by atoms with Gasteiger partial charge in [-0.1, -0.05) is 41.4 Å². The van der Waals surface area contributed by atoms with Crippen LogP contribution in [0.3, 0.4) is 0 Å². The highest BCUT2D eigenvalue weighted by molar-refractivity contribution is 6.32. The van der Waals surface area contributed by atoms with Crippen LogP contribution in [-0.4, -0.2) is 17.1 Å². The number of halogens is 1. The second-order valence-electron chi connectivity index (χ2n) is 7.46. The molecule has 0 atom stereocenters. The summed E-state index contributed by atoms with van der Waals surface area (Å²) in [5.41, 5.74) is 2.65. The number of nitrogens with zero attached hydrogens (tertiary/aromatic N) is 1. The summed E-state index contributed by atoms with van der Waals surface area (Å²) in [6, 6.07) is 15.3. The number of ether oxygens (including phenoxy) is 1. The van der Waals surface area contributed by atoms with Gasteiger partial charge in [-0.05, 0) is 61.8 Å². The third-order valence-corrected chi connectivity index (χ3v) is 5.67. The van der Waals surface area contributed by atoms with E-state index in [9.17, 15) is 0 Å². The first-order valence-corrected chi connectivity index (χ1v) is 10.0. The molecule has 0 bridgehead atoms. The maximum absolute atomic E-state index is 6.41. The Morgan fingerprint density at radius 3 is 2.59 bits per heavy atom. The number of aromatic nitrogens is 1. The first kappa shape index (κ1) is 18.3. The van der Waals surface area contributed by atoms with Crippen molar-refractivity contribution in [3.63, 3.8) is 0 Å². The third kappa shape index (κ3) is 4.60. The van der Waals surface area contributed by atoms with E-state index in [0.717, 1.165) is 48.8 Å². The topological polar surface area (TPSA) is 34.1 Å². The Bertz CT molecular complexity index is 902. The van der Waals surface area contributed by atoms with E-state index in [0.29, 0.717) is 11.1 Å². The zero-order valence-electron chi connectivity index (χ0n) is 15.6. The van der Waals surface area contributed by atoms with E-state index in [1.54, 1.807) is 6.20 Å². The molecule has 0 spiro atoms. The Morgan fingerprint density at radius 2 is 1.81 bits per heavy atom. The van der Waals surface area contributed by atoms with Crippen molar-refractivity contribution in [2.45, 2.75) is 51.3 Å². The van der Waals surface area contributed by atoms with Crippen molar-refractivity contribution in [3.8, 4) is 5.75 Å². The number of rotatable bonds is 5. The van der Waals surface area contributed by atoms with Crippen LogP contribution in [0.4, 0.5) is 0 Å². The summed E-state index contributed by atoms with van der Waals surface area (Å²) in [5, 5.41) is 6.50. The maximum Gasteiger partial charge on any atom is 0.138 e. The molecule has 1 saturated carbocycles. The van der Waals surface area contributed by atoms with Gasteiger partial charge in [-0.15, -0.1) is 0 Å². The van der Waals surface area contributed by atoms with Crippen LogP contribution < -0.4 is 10.1 Å². The van der Waals surface area contributed by atoms with Gasteiger partial charge in [-0.2, -0.15) is 0 Å². The van der Waals surface area contributed by atoms with Crippen LogP contribution in [-0.2, 0) is 6.54 Å². The molecule has 0 saturated heterocycles. The lowest BCUT2D eigenvalue weighted by molar-refractivity contribution is 0.139. The van der Waals surface area contributed by atoms with Gasteiger partial charge in [0.25, 0.3) is 0 Å². The van der Waals surface area contributed by atoms with Crippen molar-refractivity contribution >= 4 is 22.4 Å². The van der Waals surface area contributed by atoms with Crippen LogP contribution in [0.2, 0.25) is 5.02 Å². The minimum Gasteiger partial charge on any atom is -0.489 e. The number of aryl methyl sites for hydroxylation is 1. The number of pyridine rings is 1. The predicted octanol–water partition coefficient (Wildman–Crippen LogP) is 5.68. The lowest BCUT2D eigenvalue weighted by atomic mass is 9.92. The molecule has 1 heterocycles. The highest BCUT2D eigenvalue weighted by atomic mass is 35.5. The Labute approximate surface area is 165 Å². The SMILES string of the molecule is Cc1ccc(CNC2CCC(Oc3cc4ccncc4cc3Cl)CC2)cc1. The lowest BCUT2D eigenvalue weighted by Crippen LogP contribution is -2.36. The van der Waals surface area contributed by atoms with Gasteiger partial charge < -0.3 is 10.1 Å². The predicted molar refractivity (Wildman–Crippen MR) is 111 cm³/mol. The summed E-state index contributed by atoms with van der Waals surface area (Å²) in [5.74, 6) is 0.784. The molecule has 1 aliphatic rings. The van der Waals surface area contributed by atoms with Crippen molar-refractivity contribution in [3.05, 3.63) is 71.0 Å². The van der Waals surface area contributed by atoms with Crippen LogP contribution in [0.15, 0.2) is 54.9 Å². The molecule has 0 aliphatic heterocycles. The number of benzene rings is 2. The summed E-state index contributed by atoms with van der Waals surface area (Å²) >= 11 is 6.41. The highest BCUT2D eigenvalue weighted by Gasteiger charge is 2.23. The van der Waals surface area contributed by atoms with Gasteiger partial charge in [0.15, 0.2) is 0 Å². The van der Waals surface area contributed by atoms with E-state index >= 15 is 0 Å². The molecule has 4 heteroatoms. The molecular weight excluding hydrogens is 356 g/mol. The quantitative estimate of drug-likeness (QED) is 0.618. The fraction of sp³-hybridized carbons (Fsp3) is 0.348. The van der Waals surface area contributed by atoms with E-state index in [2.05, 4.69) is 41.5 Å². The van der Waals surface area contributed by atoms with Crippen molar-refractivity contribution in [2.24, 2.45) is 0 Å². The monoisotopic (exact) mass is 380 g/mol. The Hall–Kier alpha value is -2.10. The molecule has 140 valence electrons. The maximum atomic E-state index is 6.41. The summed E-state index contributed by atoms with van der Waals surface area (Å²) in [6.45, 7) is 3.05. The molecule has 1 fully saturated rings. The van der Waals surface area contributed by atoms with E-state index in [1.807, 2.05) is 24.4 Å². The fourth-order valence-electron chi connectivity index (χ4n) is 3.71. The van der Waals surface area contributed by atoms with Crippen LogP contribution in [0.1, 0.15) is 36.8 Å².